The summed E-state index contributed by atoms with van der Waals surface area (Å²) in [4.78, 5) is 14.8. The van der Waals surface area contributed by atoms with Gasteiger partial charge in [-0.2, -0.15) is 0 Å². The van der Waals surface area contributed by atoms with Gasteiger partial charge in [-0.25, -0.2) is 18.2 Å². The molecular weight excluding hydrogens is 404 g/mol. The first-order valence-corrected chi connectivity index (χ1v) is 8.85. The number of anilines is 1. The molecule has 0 aliphatic carbocycles. The summed E-state index contributed by atoms with van der Waals surface area (Å²) in [5, 5.41) is 9.17. The molecule has 0 aromatic carbocycles. The number of nitrogens with one attached hydrogen (secondary N) is 1. The molecule has 21 heavy (non-hydrogen) atoms. The molecule has 0 aliphatic rings. The number of hydrogen-bond donors (Lipinski definition) is 2. The molecule has 2 aromatic heterocycles. The lowest BCUT2D eigenvalue weighted by Crippen LogP contribution is -2.11. The van der Waals surface area contributed by atoms with Gasteiger partial charge in [0.05, 0.1) is 16.4 Å². The van der Waals surface area contributed by atoms with Crippen molar-refractivity contribution >= 4 is 60.5 Å². The average Bonchev–Trinajstić information content (AvgIpc) is 2.77. The summed E-state index contributed by atoms with van der Waals surface area (Å²) < 4.78 is 27.1. The van der Waals surface area contributed by atoms with Gasteiger partial charge < -0.3 is 5.11 Å². The minimum atomic E-state index is -3.88. The summed E-state index contributed by atoms with van der Waals surface area (Å²) in [5.74, 6) is -1.16. The van der Waals surface area contributed by atoms with Crippen molar-refractivity contribution in [3.63, 3.8) is 0 Å². The second-order valence-corrected chi connectivity index (χ2v) is 8.16. The van der Waals surface area contributed by atoms with Gasteiger partial charge in [0.1, 0.15) is 14.2 Å². The van der Waals surface area contributed by atoms with Crippen molar-refractivity contribution in [3.8, 4) is 0 Å². The molecule has 0 amide bonds. The highest BCUT2D eigenvalue weighted by Crippen LogP contribution is 2.29. The van der Waals surface area contributed by atoms with Crippen LogP contribution in [0.4, 0.5) is 5.69 Å². The van der Waals surface area contributed by atoms with Gasteiger partial charge in [0.2, 0.25) is 0 Å². The van der Waals surface area contributed by atoms with Crippen LogP contribution in [-0.4, -0.2) is 24.5 Å². The van der Waals surface area contributed by atoms with Crippen molar-refractivity contribution in [2.75, 3.05) is 4.72 Å². The molecule has 0 unspecified atom stereocenters. The number of sulfonamides is 1. The number of nitrogens with zero attached hydrogens (tertiary/aromatic N) is 1. The fourth-order valence-corrected chi connectivity index (χ4v) is 4.34. The fraction of sp³-hybridized carbons (Fsp3) is 0.0909. The van der Waals surface area contributed by atoms with Crippen molar-refractivity contribution in [2.45, 2.75) is 11.1 Å². The SMILES string of the molecule is Cc1cc(S(=O)(=O)Nc2cnc(Cl)c(Br)c2)sc1C(=O)O. The molecule has 0 atom stereocenters. The van der Waals surface area contributed by atoms with Gasteiger partial charge in [0, 0.05) is 0 Å². The molecule has 2 rings (SSSR count). The summed E-state index contributed by atoms with van der Waals surface area (Å²) in [5.41, 5.74) is 0.609. The van der Waals surface area contributed by atoms with Crippen LogP contribution in [0.5, 0.6) is 0 Å². The van der Waals surface area contributed by atoms with E-state index in [0.717, 1.165) is 0 Å². The molecule has 112 valence electrons. The number of aromatic carboxylic acids is 1. The lowest BCUT2D eigenvalue weighted by Gasteiger charge is -2.06. The van der Waals surface area contributed by atoms with Gasteiger partial charge >= 0.3 is 5.97 Å². The monoisotopic (exact) mass is 410 g/mol. The van der Waals surface area contributed by atoms with Gasteiger partial charge in [-0.05, 0) is 40.5 Å². The number of carboxylic acid groups (broad SMARTS) is 1. The highest BCUT2D eigenvalue weighted by Gasteiger charge is 2.22. The third-order valence-electron chi connectivity index (χ3n) is 2.40. The van der Waals surface area contributed by atoms with E-state index in [1.807, 2.05) is 0 Å². The van der Waals surface area contributed by atoms with Crippen LogP contribution < -0.4 is 4.72 Å². The number of carboxylic acids is 1. The number of aromatic nitrogens is 1. The first-order chi connectivity index (χ1) is 9.70. The minimum absolute atomic E-state index is 0.00853. The van der Waals surface area contributed by atoms with E-state index in [4.69, 9.17) is 16.7 Å². The van der Waals surface area contributed by atoms with Crippen LogP contribution in [0.1, 0.15) is 15.2 Å². The predicted molar refractivity (Wildman–Crippen MR) is 83.8 cm³/mol. The second kappa shape index (κ2) is 5.91. The predicted octanol–water partition coefficient (Wildman–Crippen LogP) is 3.37. The maximum Gasteiger partial charge on any atom is 0.346 e. The number of halogens is 2. The highest BCUT2D eigenvalue weighted by atomic mass is 79.9. The molecule has 0 bridgehead atoms. The number of pyridine rings is 1. The Kier molecular flexibility index (Phi) is 4.57. The first-order valence-electron chi connectivity index (χ1n) is 5.38. The zero-order valence-electron chi connectivity index (χ0n) is 10.4. The Morgan fingerprint density at radius 3 is 2.67 bits per heavy atom. The summed E-state index contributed by atoms with van der Waals surface area (Å²) in [7, 11) is -3.88. The molecule has 0 spiro atoms. The first kappa shape index (κ1) is 16.2. The average molecular weight is 412 g/mol. The Labute approximate surface area is 138 Å². The van der Waals surface area contributed by atoms with Crippen LogP contribution >= 0.6 is 38.9 Å². The van der Waals surface area contributed by atoms with Crippen LogP contribution in [0.2, 0.25) is 5.15 Å². The molecule has 6 nitrogen and oxygen atoms in total. The van der Waals surface area contributed by atoms with E-state index in [0.29, 0.717) is 21.4 Å². The Hall–Kier alpha value is -1.16. The van der Waals surface area contributed by atoms with Crippen LogP contribution in [-0.2, 0) is 10.0 Å². The van der Waals surface area contributed by atoms with E-state index < -0.39 is 16.0 Å². The Morgan fingerprint density at radius 2 is 2.14 bits per heavy atom. The number of hydrogen-bond acceptors (Lipinski definition) is 5. The molecule has 2 heterocycles. The maximum atomic E-state index is 12.2. The third-order valence-corrected chi connectivity index (χ3v) is 6.62. The summed E-state index contributed by atoms with van der Waals surface area (Å²) >= 11 is 9.56. The molecule has 0 saturated heterocycles. The molecule has 0 fully saturated rings. The second-order valence-electron chi connectivity index (χ2n) is 3.98. The van der Waals surface area contributed by atoms with Crippen LogP contribution in [0.15, 0.2) is 27.0 Å². The van der Waals surface area contributed by atoms with Gasteiger partial charge in [0.25, 0.3) is 10.0 Å². The molecule has 10 heteroatoms. The van der Waals surface area contributed by atoms with Crippen molar-refractivity contribution in [2.24, 2.45) is 0 Å². The fourth-order valence-electron chi connectivity index (χ4n) is 1.48. The Balaban J connectivity index is 2.36. The maximum absolute atomic E-state index is 12.2. The van der Waals surface area contributed by atoms with E-state index in [9.17, 15) is 13.2 Å². The van der Waals surface area contributed by atoms with Gasteiger partial charge in [-0.1, -0.05) is 11.6 Å². The van der Waals surface area contributed by atoms with Crippen molar-refractivity contribution in [1.82, 2.24) is 4.98 Å². The largest absolute Gasteiger partial charge is 0.477 e. The molecule has 0 radical (unpaired) electrons. The number of rotatable bonds is 4. The highest BCUT2D eigenvalue weighted by molar-refractivity contribution is 9.10. The molecule has 0 aliphatic heterocycles. The van der Waals surface area contributed by atoms with Crippen molar-refractivity contribution in [1.29, 1.82) is 0 Å². The number of aryl methyl sites for hydroxylation is 1. The van der Waals surface area contributed by atoms with Gasteiger partial charge in [0.15, 0.2) is 0 Å². The molecular formula is C11H8BrClN2O4S2. The van der Waals surface area contributed by atoms with E-state index in [-0.39, 0.29) is 19.9 Å². The van der Waals surface area contributed by atoms with Crippen LogP contribution in [0.3, 0.4) is 0 Å². The zero-order chi connectivity index (χ0) is 15.8. The third kappa shape index (κ3) is 3.54. The topological polar surface area (TPSA) is 96.4 Å². The van der Waals surface area contributed by atoms with E-state index in [1.165, 1.54) is 18.3 Å². The van der Waals surface area contributed by atoms with Gasteiger partial charge in [-0.3, -0.25) is 4.72 Å². The van der Waals surface area contributed by atoms with Crippen molar-refractivity contribution < 1.29 is 18.3 Å². The van der Waals surface area contributed by atoms with Gasteiger partial charge in [-0.15, -0.1) is 11.3 Å². The molecule has 0 saturated carbocycles. The minimum Gasteiger partial charge on any atom is -0.477 e. The lowest BCUT2D eigenvalue weighted by molar-refractivity contribution is 0.0701. The lowest BCUT2D eigenvalue weighted by atomic mass is 10.3. The van der Waals surface area contributed by atoms with E-state index in [2.05, 4.69) is 25.6 Å². The summed E-state index contributed by atoms with van der Waals surface area (Å²) in [6.45, 7) is 1.54. The molecule has 2 N–H and O–H groups in total. The quantitative estimate of drug-likeness (QED) is 0.752. The Bertz CT molecular complexity index is 820. The summed E-state index contributed by atoms with van der Waals surface area (Å²) in [6, 6.07) is 2.78. The van der Waals surface area contributed by atoms with E-state index in [1.54, 1.807) is 6.92 Å². The summed E-state index contributed by atoms with van der Waals surface area (Å²) in [6.07, 6.45) is 1.27. The van der Waals surface area contributed by atoms with Crippen LogP contribution in [0, 0.1) is 6.92 Å². The van der Waals surface area contributed by atoms with Crippen LogP contribution in [0.25, 0.3) is 0 Å². The van der Waals surface area contributed by atoms with Crippen molar-refractivity contribution in [3.05, 3.63) is 38.4 Å². The Morgan fingerprint density at radius 1 is 1.48 bits per heavy atom. The number of thiophene rings is 1. The smallest absolute Gasteiger partial charge is 0.346 e. The van der Waals surface area contributed by atoms with E-state index >= 15 is 0 Å². The zero-order valence-corrected chi connectivity index (χ0v) is 14.4. The molecule has 2 aromatic rings. The standard InChI is InChI=1S/C11H8BrClN2O4S2/c1-5-2-8(20-9(5)11(16)17)21(18,19)15-6-3-7(12)10(13)14-4-6/h2-4,15H,1H3,(H,16,17). The number of carbonyl (C=O) groups is 1. The normalized spacial score (nSPS) is 11.4.